The molecule has 0 saturated heterocycles. The van der Waals surface area contributed by atoms with Crippen molar-refractivity contribution < 1.29 is 73.0 Å². The largest absolute Gasteiger partial charge is 0.496 e. The molecule has 0 aliphatic heterocycles. The van der Waals surface area contributed by atoms with Crippen molar-refractivity contribution in [1.29, 1.82) is 15.8 Å². The van der Waals surface area contributed by atoms with Crippen LogP contribution in [0.25, 0.3) is 0 Å². The summed E-state index contributed by atoms with van der Waals surface area (Å²) in [4.78, 5) is 8.48. The molecule has 2 aromatic heterocycles. The molecule has 0 aliphatic carbocycles. The van der Waals surface area contributed by atoms with E-state index >= 15 is 0 Å². The molecule has 117 heavy (non-hydrogen) atoms. The number of halogens is 9. The Morgan fingerprint density at radius 3 is 1.07 bits per heavy atom. The van der Waals surface area contributed by atoms with Crippen LogP contribution >= 0.6 is 11.6 Å². The minimum Gasteiger partial charge on any atom is -0.496 e. The molecule has 0 amide bonds. The summed E-state index contributed by atoms with van der Waals surface area (Å²) in [7, 11) is 7.99. The molecule has 0 radical (unpaired) electrons. The molecule has 22 heteroatoms. The second-order valence-corrected chi connectivity index (χ2v) is 29.7. The molecule has 9 aromatic rings. The van der Waals surface area contributed by atoms with E-state index in [9.17, 15) is 35.1 Å². The standard InChI is InChI=1S/C12H15NO.C11H13F3O.C11H15FO.C11H13NO.C11H13N.C10H11F3O.C10H13FO.C10H15NO.C9H12ClNO/c1-4-14-12-6-5-10(8-13)7-11(12)9(2)3;1-7(2)9-6-8(11(12,13)14)4-5-10(9)15-3;1-4-13-11-6-5-9(12)7-10(11)8(2)3;1-8(2)10-6-9(7-12)4-5-11(10)13-3;1-8(2)11-6-10(7-12)5-4-9(11)3;1-6(2)8-5-7(11)3-4-9(8)14-10(12)13;1-7(2)9-6-8(11)4-5-10(9)12-3;1-7(2)10-9(12-4)6-5-8(3)11-10;1-6(2)8-4-7(10)5-11-9(8)12-3/h5-7,9H,4H2,1-3H3;4-7H,1-3H3;5-8H,4H2,1-3H3;4-6,8H,1-3H3;4-6,8H,1-3H3;3-6,10H,1-2H3;4-7H,1-3H3;5-7H,1-4H3;4-6H,1-3H3. The van der Waals surface area contributed by atoms with E-state index in [4.69, 9.17) is 60.5 Å². The van der Waals surface area contributed by atoms with Gasteiger partial charge in [0.05, 0.1) is 99.9 Å². The number of benzene rings is 7. The lowest BCUT2D eigenvalue weighted by molar-refractivity contribution is -0.137. The lowest BCUT2D eigenvalue weighted by atomic mass is 9.96. The highest BCUT2D eigenvalue weighted by Gasteiger charge is 2.31. The van der Waals surface area contributed by atoms with E-state index in [0.717, 1.165) is 91.7 Å². The van der Waals surface area contributed by atoms with E-state index < -0.39 is 24.2 Å². The molecule has 0 fully saturated rings. The van der Waals surface area contributed by atoms with Gasteiger partial charge in [-0.05, 0) is 265 Å². The quantitative estimate of drug-likeness (QED) is 0.0661. The molecule has 2 heterocycles. The average Bonchev–Trinajstić information content (AvgIpc) is 0.822. The van der Waals surface area contributed by atoms with Crippen molar-refractivity contribution in [3.8, 4) is 64.3 Å². The van der Waals surface area contributed by atoms with Crippen LogP contribution in [-0.4, -0.2) is 65.3 Å². The first-order chi connectivity index (χ1) is 55.0. The fourth-order valence-electron chi connectivity index (χ4n) is 11.1. The first-order valence-electron chi connectivity index (χ1n) is 38.7. The maximum atomic E-state index is 12.9. The molecule has 0 saturated carbocycles. The van der Waals surface area contributed by atoms with Crippen LogP contribution in [0.4, 0.5) is 35.1 Å². The van der Waals surface area contributed by atoms with Crippen molar-refractivity contribution in [3.05, 3.63) is 258 Å². The Morgan fingerprint density at radius 2 is 0.701 bits per heavy atom. The zero-order chi connectivity index (χ0) is 89.1. The van der Waals surface area contributed by atoms with Gasteiger partial charge in [0.1, 0.15) is 57.7 Å². The number of aromatic nitrogens is 2. The Hall–Kier alpha value is -10.6. The van der Waals surface area contributed by atoms with Crippen molar-refractivity contribution in [2.24, 2.45) is 0 Å². The van der Waals surface area contributed by atoms with E-state index in [1.165, 1.54) is 60.7 Å². The lowest BCUT2D eigenvalue weighted by Crippen LogP contribution is -2.06. The van der Waals surface area contributed by atoms with Gasteiger partial charge in [0.15, 0.2) is 0 Å². The third kappa shape index (κ3) is 37.1. The summed E-state index contributed by atoms with van der Waals surface area (Å²) < 4.78 is 140. The minimum absolute atomic E-state index is 0.00208. The van der Waals surface area contributed by atoms with Crippen LogP contribution in [0.2, 0.25) is 5.02 Å². The summed E-state index contributed by atoms with van der Waals surface area (Å²) in [5, 5.41) is 26.8. The first-order valence-corrected chi connectivity index (χ1v) is 39.1. The molecule has 0 atom stereocenters. The third-order valence-electron chi connectivity index (χ3n) is 17.2. The van der Waals surface area contributed by atoms with Gasteiger partial charge >= 0.3 is 12.8 Å². The fourth-order valence-corrected chi connectivity index (χ4v) is 11.2. The average molecular weight is 1650 g/mol. The van der Waals surface area contributed by atoms with Crippen LogP contribution in [0.1, 0.15) is 275 Å². The summed E-state index contributed by atoms with van der Waals surface area (Å²) in [6.45, 7) is 42.7. The van der Waals surface area contributed by atoms with Gasteiger partial charge in [-0.15, -0.1) is 0 Å². The van der Waals surface area contributed by atoms with Crippen LogP contribution in [0.15, 0.2) is 152 Å². The van der Waals surface area contributed by atoms with E-state index in [2.05, 4.69) is 109 Å². The van der Waals surface area contributed by atoms with Crippen LogP contribution in [-0.2, 0) is 6.18 Å². The van der Waals surface area contributed by atoms with Gasteiger partial charge in [-0.25, -0.2) is 18.2 Å². The number of methoxy groups -OCH3 is 5. The Morgan fingerprint density at radius 1 is 0.376 bits per heavy atom. The van der Waals surface area contributed by atoms with Gasteiger partial charge in [-0.2, -0.15) is 37.7 Å². The number of rotatable bonds is 20. The number of hydrogen-bond acceptors (Lipinski definition) is 13. The zero-order valence-corrected chi connectivity index (χ0v) is 73.8. The summed E-state index contributed by atoms with van der Waals surface area (Å²) in [5.41, 5.74) is 12.2. The van der Waals surface area contributed by atoms with Gasteiger partial charge in [0, 0.05) is 17.5 Å². The number of nitrogens with zero attached hydrogens (tertiary/aromatic N) is 5. The summed E-state index contributed by atoms with van der Waals surface area (Å²) >= 11 is 5.80. The molecule has 0 unspecified atom stereocenters. The molecule has 0 aliphatic rings. The van der Waals surface area contributed by atoms with Crippen LogP contribution in [0, 0.1) is 65.3 Å². The highest BCUT2D eigenvalue weighted by atomic mass is 35.5. The number of ether oxygens (including phenoxy) is 8. The molecular weight excluding hydrogens is 1530 g/mol. The van der Waals surface area contributed by atoms with Gasteiger partial charge in [0.2, 0.25) is 5.88 Å². The maximum Gasteiger partial charge on any atom is 0.416 e. The van der Waals surface area contributed by atoms with Crippen molar-refractivity contribution in [2.75, 3.05) is 48.8 Å². The highest BCUT2D eigenvalue weighted by molar-refractivity contribution is 6.30. The smallest absolute Gasteiger partial charge is 0.416 e. The molecule has 7 aromatic carbocycles. The molecule has 0 bridgehead atoms. The predicted octanol–water partition coefficient (Wildman–Crippen LogP) is 27.8. The van der Waals surface area contributed by atoms with Crippen LogP contribution in [0.3, 0.4) is 0 Å². The lowest BCUT2D eigenvalue weighted by Gasteiger charge is -2.14. The number of aryl methyl sites for hydroxylation is 2. The maximum absolute atomic E-state index is 12.9. The topological polar surface area (TPSA) is 171 Å². The Labute approximate surface area is 696 Å². The Balaban J connectivity index is 0.000000659. The fraction of sp³-hybridized carbons (Fsp3) is 0.421. The Bertz CT molecular complexity index is 4440. The van der Waals surface area contributed by atoms with Crippen molar-refractivity contribution in [2.45, 2.75) is 218 Å². The molecule has 0 spiro atoms. The molecular formula is C95H120ClF8N5O8. The summed E-state index contributed by atoms with van der Waals surface area (Å²) in [6, 6.07) is 45.4. The highest BCUT2D eigenvalue weighted by Crippen LogP contribution is 2.37. The van der Waals surface area contributed by atoms with Crippen LogP contribution in [0.5, 0.6) is 46.1 Å². The SMILES string of the molecule is CC(C)c1cc(F)ccc1OC(F)F.CCOc1ccc(C#N)cc1C(C)C.CCOc1ccc(F)cc1C(C)C.COc1ccc(C#N)cc1C(C)C.COc1ccc(C(F)(F)F)cc1C(C)C.COc1ccc(C)nc1C(C)C.COc1ccc(F)cc1C(C)C.COc1ncc(Cl)cc1C(C)C.Cc1ccc(C#N)cc1C(C)C. The predicted molar refractivity (Wildman–Crippen MR) is 456 cm³/mol. The normalized spacial score (nSPS) is 10.5. The number of pyridine rings is 2. The molecule has 0 N–H and O–H groups in total. The number of hydrogen-bond donors (Lipinski definition) is 0. The first kappa shape index (κ1) is 104. The zero-order valence-electron chi connectivity index (χ0n) is 73.0. The second-order valence-electron chi connectivity index (χ2n) is 29.3. The number of nitriles is 3. The van der Waals surface area contributed by atoms with Gasteiger partial charge in [0.25, 0.3) is 0 Å². The van der Waals surface area contributed by atoms with Gasteiger partial charge < -0.3 is 37.9 Å². The van der Waals surface area contributed by atoms with Crippen molar-refractivity contribution >= 4 is 11.6 Å². The molecule has 13 nitrogen and oxygen atoms in total. The third-order valence-corrected chi connectivity index (χ3v) is 17.4. The van der Waals surface area contributed by atoms with Crippen molar-refractivity contribution in [1.82, 2.24) is 9.97 Å². The number of alkyl halides is 5. The minimum atomic E-state index is -4.30. The van der Waals surface area contributed by atoms with E-state index in [1.54, 1.807) is 72.7 Å². The van der Waals surface area contributed by atoms with Crippen LogP contribution < -0.4 is 37.9 Å². The Kier molecular flexibility index (Phi) is 47.9. The van der Waals surface area contributed by atoms with Crippen molar-refractivity contribution in [3.63, 3.8) is 0 Å². The van der Waals surface area contributed by atoms with E-state index in [-0.39, 0.29) is 41.1 Å². The summed E-state index contributed by atoms with van der Waals surface area (Å²) in [6.07, 6.45) is -2.71. The van der Waals surface area contributed by atoms with Gasteiger partial charge in [-0.1, -0.05) is 142 Å². The molecule has 636 valence electrons. The monoisotopic (exact) mass is 1650 g/mol. The second kappa shape index (κ2) is 53.6. The van der Waals surface area contributed by atoms with E-state index in [0.29, 0.717) is 81.7 Å². The van der Waals surface area contributed by atoms with Gasteiger partial charge in [-0.3, -0.25) is 4.98 Å². The summed E-state index contributed by atoms with van der Waals surface area (Å²) in [5.74, 6) is 7.09. The molecule has 9 rings (SSSR count). The van der Waals surface area contributed by atoms with E-state index in [1.807, 2.05) is 123 Å².